The van der Waals surface area contributed by atoms with Crippen LogP contribution in [-0.4, -0.2) is 6.61 Å². The third-order valence-corrected chi connectivity index (χ3v) is 2.46. The zero-order valence-corrected chi connectivity index (χ0v) is 10.4. The Morgan fingerprint density at radius 3 is 2.33 bits per heavy atom. The van der Waals surface area contributed by atoms with Crippen molar-refractivity contribution in [2.24, 2.45) is 0 Å². The molecule has 4 heteroatoms. The van der Waals surface area contributed by atoms with E-state index in [4.69, 9.17) is 0 Å². The Balaban J connectivity index is 3.15. The van der Waals surface area contributed by atoms with E-state index in [1.807, 2.05) is 20.8 Å². The van der Waals surface area contributed by atoms with Crippen LogP contribution in [0.25, 0.3) is 0 Å². The number of hydrogen-bond donors (Lipinski definition) is 0. The van der Waals surface area contributed by atoms with Crippen molar-refractivity contribution in [1.29, 1.82) is 0 Å². The largest absolute Gasteiger partial charge is 0.435 e. The highest BCUT2D eigenvalue weighted by Crippen LogP contribution is 2.34. The van der Waals surface area contributed by atoms with Crippen molar-refractivity contribution in [3.05, 3.63) is 28.2 Å². The molecule has 0 heterocycles. The number of ether oxygens (including phenoxy) is 1. The van der Waals surface area contributed by atoms with Crippen LogP contribution >= 0.6 is 15.9 Å². The predicted molar refractivity (Wildman–Crippen MR) is 59.5 cm³/mol. The van der Waals surface area contributed by atoms with Gasteiger partial charge < -0.3 is 4.74 Å². The van der Waals surface area contributed by atoms with Crippen LogP contribution in [-0.2, 0) is 5.41 Å². The van der Waals surface area contributed by atoms with Gasteiger partial charge in [0.2, 0.25) is 0 Å². The van der Waals surface area contributed by atoms with Crippen molar-refractivity contribution in [1.82, 2.24) is 0 Å². The molecule has 0 atom stereocenters. The first-order valence-corrected chi connectivity index (χ1v) is 5.35. The molecule has 1 rings (SSSR count). The van der Waals surface area contributed by atoms with Gasteiger partial charge in [0, 0.05) is 10.0 Å². The fourth-order valence-corrected chi connectivity index (χ4v) is 1.65. The van der Waals surface area contributed by atoms with Crippen LogP contribution in [0, 0.1) is 0 Å². The highest BCUT2D eigenvalue weighted by Gasteiger charge is 2.20. The fraction of sp³-hybridized carbons (Fsp3) is 0.455. The maximum absolute atomic E-state index is 12.2. The summed E-state index contributed by atoms with van der Waals surface area (Å²) >= 11 is 3.31. The molecule has 0 fully saturated rings. The summed E-state index contributed by atoms with van der Waals surface area (Å²) in [6, 6.07) is 5.04. The van der Waals surface area contributed by atoms with E-state index in [-0.39, 0.29) is 11.2 Å². The normalized spacial score (nSPS) is 11.9. The third kappa shape index (κ3) is 3.45. The molecule has 1 nitrogen and oxygen atoms in total. The topological polar surface area (TPSA) is 9.23 Å². The number of hydrogen-bond acceptors (Lipinski definition) is 1. The summed E-state index contributed by atoms with van der Waals surface area (Å²) in [5.74, 6) is 0.237. The molecular formula is C11H13BrF2O. The van der Waals surface area contributed by atoms with Crippen molar-refractivity contribution in [3.8, 4) is 5.75 Å². The van der Waals surface area contributed by atoms with Crippen LogP contribution in [0.1, 0.15) is 26.3 Å². The molecule has 0 aliphatic rings. The van der Waals surface area contributed by atoms with Crippen molar-refractivity contribution < 1.29 is 13.5 Å². The van der Waals surface area contributed by atoms with E-state index >= 15 is 0 Å². The van der Waals surface area contributed by atoms with Gasteiger partial charge in [-0.05, 0) is 23.6 Å². The molecule has 0 aliphatic carbocycles. The molecule has 0 bridgehead atoms. The highest BCUT2D eigenvalue weighted by atomic mass is 79.9. The molecule has 0 saturated carbocycles. The van der Waals surface area contributed by atoms with E-state index in [1.165, 1.54) is 0 Å². The molecule has 1 aromatic carbocycles. The zero-order valence-electron chi connectivity index (χ0n) is 8.85. The number of halogens is 3. The minimum atomic E-state index is -2.78. The van der Waals surface area contributed by atoms with Gasteiger partial charge in [0.25, 0.3) is 0 Å². The molecule has 84 valence electrons. The van der Waals surface area contributed by atoms with Crippen molar-refractivity contribution in [2.45, 2.75) is 32.8 Å². The Labute approximate surface area is 96.6 Å². The van der Waals surface area contributed by atoms with Gasteiger partial charge in [-0.25, -0.2) is 0 Å². The molecule has 0 saturated heterocycles. The van der Waals surface area contributed by atoms with Crippen LogP contribution in [0.4, 0.5) is 8.78 Å². The second-order valence-corrected chi connectivity index (χ2v) is 5.18. The molecule has 0 aromatic heterocycles. The van der Waals surface area contributed by atoms with Gasteiger partial charge >= 0.3 is 6.61 Å². The van der Waals surface area contributed by atoms with E-state index < -0.39 is 6.61 Å². The summed E-state index contributed by atoms with van der Waals surface area (Å²) < 4.78 is 29.6. The average molecular weight is 279 g/mol. The molecule has 0 aliphatic heterocycles. The van der Waals surface area contributed by atoms with Gasteiger partial charge in [-0.1, -0.05) is 36.7 Å². The quantitative estimate of drug-likeness (QED) is 0.782. The minimum Gasteiger partial charge on any atom is -0.435 e. The maximum Gasteiger partial charge on any atom is 0.387 e. The second-order valence-electron chi connectivity index (χ2n) is 4.27. The van der Waals surface area contributed by atoms with E-state index in [0.29, 0.717) is 0 Å². The second kappa shape index (κ2) is 4.47. The summed E-state index contributed by atoms with van der Waals surface area (Å²) in [6.07, 6.45) is 0. The van der Waals surface area contributed by atoms with Gasteiger partial charge in [-0.3, -0.25) is 0 Å². The predicted octanol–water partition coefficient (Wildman–Crippen LogP) is 4.35. The van der Waals surface area contributed by atoms with Gasteiger partial charge in [0.15, 0.2) is 0 Å². The number of alkyl halides is 2. The first kappa shape index (κ1) is 12.4. The smallest absolute Gasteiger partial charge is 0.387 e. The Morgan fingerprint density at radius 1 is 1.27 bits per heavy atom. The monoisotopic (exact) mass is 278 g/mol. The van der Waals surface area contributed by atoms with E-state index in [2.05, 4.69) is 20.7 Å². The summed E-state index contributed by atoms with van der Waals surface area (Å²) in [4.78, 5) is 0. The Kier molecular flexibility index (Phi) is 3.71. The van der Waals surface area contributed by atoms with Crippen LogP contribution in [0.2, 0.25) is 0 Å². The molecule has 0 spiro atoms. The van der Waals surface area contributed by atoms with Gasteiger partial charge in [-0.15, -0.1) is 0 Å². The highest BCUT2D eigenvalue weighted by molar-refractivity contribution is 9.10. The lowest BCUT2D eigenvalue weighted by Crippen LogP contribution is -2.15. The molecule has 0 radical (unpaired) electrons. The number of rotatable bonds is 2. The maximum atomic E-state index is 12.2. The Bertz CT molecular complexity index is 345. The summed E-state index contributed by atoms with van der Waals surface area (Å²) in [6.45, 7) is 3.07. The first-order chi connectivity index (χ1) is 6.80. The fourth-order valence-electron chi connectivity index (χ4n) is 1.29. The lowest BCUT2D eigenvalue weighted by Gasteiger charge is -2.22. The van der Waals surface area contributed by atoms with E-state index in [9.17, 15) is 8.78 Å². The summed E-state index contributed by atoms with van der Waals surface area (Å²) in [7, 11) is 0. The van der Waals surface area contributed by atoms with Gasteiger partial charge in [0.05, 0.1) is 0 Å². The lowest BCUT2D eigenvalue weighted by atomic mass is 9.86. The lowest BCUT2D eigenvalue weighted by molar-refractivity contribution is -0.0508. The molecule has 0 amide bonds. The summed E-state index contributed by atoms with van der Waals surface area (Å²) in [5, 5.41) is 0. The third-order valence-electron chi connectivity index (χ3n) is 1.97. The van der Waals surface area contributed by atoms with Crippen LogP contribution in [0.5, 0.6) is 5.75 Å². The molecular weight excluding hydrogens is 266 g/mol. The Morgan fingerprint density at radius 2 is 1.87 bits per heavy atom. The standard InChI is InChI=1S/C11H13BrF2O/c1-11(2,3)8-6-7(12)4-5-9(8)15-10(13)14/h4-6,10H,1-3H3. The number of benzene rings is 1. The molecule has 0 N–H and O–H groups in total. The van der Waals surface area contributed by atoms with Crippen LogP contribution in [0.15, 0.2) is 22.7 Å². The average Bonchev–Trinajstić information content (AvgIpc) is 2.05. The van der Waals surface area contributed by atoms with Crippen LogP contribution in [0.3, 0.4) is 0 Å². The van der Waals surface area contributed by atoms with Gasteiger partial charge in [-0.2, -0.15) is 8.78 Å². The molecule has 15 heavy (non-hydrogen) atoms. The first-order valence-electron chi connectivity index (χ1n) is 4.55. The van der Waals surface area contributed by atoms with Gasteiger partial charge in [0.1, 0.15) is 5.75 Å². The molecule has 0 unspecified atom stereocenters. The molecule has 1 aromatic rings. The SMILES string of the molecule is CC(C)(C)c1cc(Br)ccc1OC(F)F. The van der Waals surface area contributed by atoms with Crippen molar-refractivity contribution in [2.75, 3.05) is 0 Å². The van der Waals surface area contributed by atoms with Crippen molar-refractivity contribution >= 4 is 15.9 Å². The van der Waals surface area contributed by atoms with E-state index in [1.54, 1.807) is 18.2 Å². The minimum absolute atomic E-state index is 0.228. The summed E-state index contributed by atoms with van der Waals surface area (Å²) in [5.41, 5.74) is 0.533. The zero-order chi connectivity index (χ0) is 11.6. The van der Waals surface area contributed by atoms with Crippen LogP contribution < -0.4 is 4.74 Å². The Hall–Kier alpha value is -0.640. The van der Waals surface area contributed by atoms with Crippen molar-refractivity contribution in [3.63, 3.8) is 0 Å². The van der Waals surface area contributed by atoms with E-state index in [0.717, 1.165) is 10.0 Å².